The first-order valence-corrected chi connectivity index (χ1v) is 5.43. The van der Waals surface area contributed by atoms with Crippen molar-refractivity contribution in [3.05, 3.63) is 24.0 Å². The van der Waals surface area contributed by atoms with E-state index in [1.807, 2.05) is 0 Å². The van der Waals surface area contributed by atoms with Crippen molar-refractivity contribution in [3.63, 3.8) is 0 Å². The average Bonchev–Trinajstić information content (AvgIpc) is 2.38. The summed E-state index contributed by atoms with van der Waals surface area (Å²) in [5.74, 6) is -0.169. The Hall–Kier alpha value is -1.66. The van der Waals surface area contributed by atoms with E-state index in [0.717, 1.165) is 0 Å². The molecule has 1 amide bonds. The number of aromatic nitrogens is 1. The lowest BCUT2D eigenvalue weighted by molar-refractivity contribution is -0.0447. The molecule has 1 aliphatic heterocycles. The van der Waals surface area contributed by atoms with Gasteiger partial charge in [-0.05, 0) is 6.07 Å². The summed E-state index contributed by atoms with van der Waals surface area (Å²) >= 11 is 0. The van der Waals surface area contributed by atoms with Gasteiger partial charge in [0.15, 0.2) is 0 Å². The second-order valence-corrected chi connectivity index (χ2v) is 3.89. The van der Waals surface area contributed by atoms with Gasteiger partial charge in [0, 0.05) is 31.2 Å². The SMILES string of the molecule is Nc1ccncc1C(=O)N1CCOC(CO)C1. The van der Waals surface area contributed by atoms with E-state index in [2.05, 4.69) is 4.98 Å². The van der Waals surface area contributed by atoms with Gasteiger partial charge in [0.2, 0.25) is 0 Å². The molecule has 1 aromatic rings. The molecule has 1 fully saturated rings. The van der Waals surface area contributed by atoms with Crippen LogP contribution in [0.1, 0.15) is 10.4 Å². The van der Waals surface area contributed by atoms with Gasteiger partial charge in [-0.1, -0.05) is 0 Å². The van der Waals surface area contributed by atoms with Crippen molar-refractivity contribution in [2.45, 2.75) is 6.10 Å². The van der Waals surface area contributed by atoms with Gasteiger partial charge in [0.1, 0.15) is 0 Å². The van der Waals surface area contributed by atoms with E-state index in [1.165, 1.54) is 6.20 Å². The van der Waals surface area contributed by atoms with Crippen LogP contribution >= 0.6 is 0 Å². The van der Waals surface area contributed by atoms with Crippen molar-refractivity contribution in [3.8, 4) is 0 Å². The summed E-state index contributed by atoms with van der Waals surface area (Å²) in [6.07, 6.45) is 2.69. The van der Waals surface area contributed by atoms with Crippen LogP contribution in [0.25, 0.3) is 0 Å². The molecule has 1 aromatic heterocycles. The number of aliphatic hydroxyl groups excluding tert-OH is 1. The van der Waals surface area contributed by atoms with E-state index in [-0.39, 0.29) is 18.6 Å². The van der Waals surface area contributed by atoms with Crippen LogP contribution in [-0.4, -0.2) is 53.3 Å². The van der Waals surface area contributed by atoms with Crippen molar-refractivity contribution in [2.24, 2.45) is 0 Å². The van der Waals surface area contributed by atoms with Gasteiger partial charge < -0.3 is 20.5 Å². The minimum absolute atomic E-state index is 0.0910. The summed E-state index contributed by atoms with van der Waals surface area (Å²) in [7, 11) is 0. The lowest BCUT2D eigenvalue weighted by Gasteiger charge is -2.32. The number of morpholine rings is 1. The first kappa shape index (κ1) is 11.8. The molecule has 6 nitrogen and oxygen atoms in total. The number of aliphatic hydroxyl groups is 1. The zero-order valence-corrected chi connectivity index (χ0v) is 9.37. The summed E-state index contributed by atoms with van der Waals surface area (Å²) in [6.45, 7) is 1.22. The molecule has 0 aromatic carbocycles. The van der Waals surface area contributed by atoms with Crippen molar-refractivity contribution >= 4 is 11.6 Å². The van der Waals surface area contributed by atoms with Gasteiger partial charge in [-0.2, -0.15) is 0 Å². The van der Waals surface area contributed by atoms with Crippen LogP contribution in [0, 0.1) is 0 Å². The predicted molar refractivity (Wildman–Crippen MR) is 61.4 cm³/mol. The second kappa shape index (κ2) is 5.11. The van der Waals surface area contributed by atoms with Crippen LogP contribution in [-0.2, 0) is 4.74 Å². The number of nitrogen functional groups attached to an aromatic ring is 1. The van der Waals surface area contributed by atoms with Crippen molar-refractivity contribution in [2.75, 3.05) is 32.0 Å². The fourth-order valence-corrected chi connectivity index (χ4v) is 1.77. The van der Waals surface area contributed by atoms with Crippen LogP contribution in [0.3, 0.4) is 0 Å². The molecule has 2 heterocycles. The van der Waals surface area contributed by atoms with E-state index < -0.39 is 0 Å². The number of anilines is 1. The number of carbonyl (C=O) groups is 1. The minimum Gasteiger partial charge on any atom is -0.398 e. The molecular weight excluding hydrogens is 222 g/mol. The number of rotatable bonds is 2. The van der Waals surface area contributed by atoms with Crippen LogP contribution in [0.2, 0.25) is 0 Å². The molecule has 0 radical (unpaired) electrons. The first-order chi connectivity index (χ1) is 8.22. The predicted octanol–water partition coefficient (Wildman–Crippen LogP) is -0.503. The standard InChI is InChI=1S/C11H15N3O3/c12-10-1-2-13-5-9(10)11(16)14-3-4-17-8(6-14)7-15/h1-2,5,8,15H,3-4,6-7H2,(H2,12,13). The zero-order chi connectivity index (χ0) is 12.3. The number of carbonyl (C=O) groups excluding carboxylic acids is 1. The van der Waals surface area contributed by atoms with Crippen LogP contribution < -0.4 is 5.73 Å². The summed E-state index contributed by atoms with van der Waals surface area (Å²) in [4.78, 5) is 17.7. The minimum atomic E-state index is -0.314. The quantitative estimate of drug-likeness (QED) is 0.723. The fourth-order valence-electron chi connectivity index (χ4n) is 1.77. The number of ether oxygens (including phenoxy) is 1. The third-order valence-corrected chi connectivity index (χ3v) is 2.71. The van der Waals surface area contributed by atoms with Crippen molar-refractivity contribution in [1.82, 2.24) is 9.88 Å². The normalized spacial score (nSPS) is 20.3. The molecule has 1 saturated heterocycles. The maximum Gasteiger partial charge on any atom is 0.257 e. The number of pyridine rings is 1. The molecule has 0 bridgehead atoms. The van der Waals surface area contributed by atoms with Gasteiger partial charge in [0.05, 0.1) is 24.9 Å². The van der Waals surface area contributed by atoms with Crippen molar-refractivity contribution < 1.29 is 14.6 Å². The van der Waals surface area contributed by atoms with Crippen LogP contribution in [0.5, 0.6) is 0 Å². The van der Waals surface area contributed by atoms with E-state index in [0.29, 0.717) is 30.9 Å². The Morgan fingerprint density at radius 2 is 2.53 bits per heavy atom. The Morgan fingerprint density at radius 1 is 1.71 bits per heavy atom. The highest BCUT2D eigenvalue weighted by Crippen LogP contribution is 2.14. The van der Waals surface area contributed by atoms with Crippen molar-refractivity contribution in [1.29, 1.82) is 0 Å². The van der Waals surface area contributed by atoms with E-state index in [1.54, 1.807) is 17.2 Å². The molecule has 92 valence electrons. The number of amides is 1. The Balaban J connectivity index is 2.12. The third-order valence-electron chi connectivity index (χ3n) is 2.71. The molecule has 0 aliphatic carbocycles. The molecule has 1 unspecified atom stereocenters. The molecule has 0 spiro atoms. The molecule has 1 atom stereocenters. The van der Waals surface area contributed by atoms with Gasteiger partial charge in [-0.15, -0.1) is 0 Å². The summed E-state index contributed by atoms with van der Waals surface area (Å²) in [5.41, 5.74) is 6.54. The molecule has 1 aliphatic rings. The van der Waals surface area contributed by atoms with E-state index in [4.69, 9.17) is 15.6 Å². The smallest absolute Gasteiger partial charge is 0.257 e. The molecule has 0 saturated carbocycles. The Morgan fingerprint density at radius 3 is 3.24 bits per heavy atom. The topological polar surface area (TPSA) is 88.7 Å². The monoisotopic (exact) mass is 237 g/mol. The number of nitrogens with two attached hydrogens (primary N) is 1. The lowest BCUT2D eigenvalue weighted by atomic mass is 10.2. The van der Waals surface area contributed by atoms with Crippen LogP contribution in [0.15, 0.2) is 18.5 Å². The van der Waals surface area contributed by atoms with E-state index in [9.17, 15) is 4.79 Å². The maximum atomic E-state index is 12.2. The van der Waals surface area contributed by atoms with Gasteiger partial charge in [-0.25, -0.2) is 0 Å². The first-order valence-electron chi connectivity index (χ1n) is 5.43. The third kappa shape index (κ3) is 2.54. The zero-order valence-electron chi connectivity index (χ0n) is 9.37. The molecule has 2 rings (SSSR count). The highest BCUT2D eigenvalue weighted by Gasteiger charge is 2.25. The highest BCUT2D eigenvalue weighted by atomic mass is 16.5. The second-order valence-electron chi connectivity index (χ2n) is 3.89. The van der Waals surface area contributed by atoms with Gasteiger partial charge >= 0.3 is 0 Å². The summed E-state index contributed by atoms with van der Waals surface area (Å²) < 4.78 is 5.28. The summed E-state index contributed by atoms with van der Waals surface area (Å²) in [6, 6.07) is 1.59. The maximum absolute atomic E-state index is 12.2. The Labute approximate surface area is 99.0 Å². The Bertz CT molecular complexity index is 411. The largest absolute Gasteiger partial charge is 0.398 e. The molecular formula is C11H15N3O3. The fraction of sp³-hybridized carbons (Fsp3) is 0.455. The summed E-state index contributed by atoms with van der Waals surface area (Å²) in [5, 5.41) is 9.02. The van der Waals surface area contributed by atoms with Gasteiger partial charge in [0.25, 0.3) is 5.91 Å². The number of hydrogen-bond acceptors (Lipinski definition) is 5. The molecule has 17 heavy (non-hydrogen) atoms. The number of hydrogen-bond donors (Lipinski definition) is 2. The Kier molecular flexibility index (Phi) is 3.55. The lowest BCUT2D eigenvalue weighted by Crippen LogP contribution is -2.47. The molecule has 6 heteroatoms. The average molecular weight is 237 g/mol. The van der Waals surface area contributed by atoms with Crippen LogP contribution in [0.4, 0.5) is 5.69 Å². The van der Waals surface area contributed by atoms with E-state index >= 15 is 0 Å². The molecule has 3 N–H and O–H groups in total. The highest BCUT2D eigenvalue weighted by molar-refractivity contribution is 5.98. The van der Waals surface area contributed by atoms with Gasteiger partial charge in [-0.3, -0.25) is 9.78 Å². The number of nitrogens with zero attached hydrogens (tertiary/aromatic N) is 2.